The Hall–Kier alpha value is -1.64. The maximum absolute atomic E-state index is 10.9. The van der Waals surface area contributed by atoms with Crippen molar-refractivity contribution >= 4 is 23.1 Å². The minimum absolute atomic E-state index is 0.0303. The molecule has 1 N–H and O–H groups in total. The minimum Gasteiger partial charge on any atom is -0.771 e. The summed E-state index contributed by atoms with van der Waals surface area (Å²) in [5.41, 5.74) is 0.493. The summed E-state index contributed by atoms with van der Waals surface area (Å²) in [5, 5.41) is 8.69. The number of ether oxygens (including phenoxy) is 2. The highest BCUT2D eigenvalue weighted by molar-refractivity contribution is 7.79. The lowest BCUT2D eigenvalue weighted by atomic mass is 10.2. The molecule has 0 saturated heterocycles. The van der Waals surface area contributed by atoms with E-state index in [4.69, 9.17) is 14.6 Å². The van der Waals surface area contributed by atoms with Crippen LogP contribution in [0, 0.1) is 0 Å². The predicted molar refractivity (Wildman–Crippen MR) is 70.4 cm³/mol. The summed E-state index contributed by atoms with van der Waals surface area (Å²) in [6.07, 6.45) is 0.0911. The summed E-state index contributed by atoms with van der Waals surface area (Å²) in [6, 6.07) is 4.90. The van der Waals surface area contributed by atoms with Crippen LogP contribution in [0.4, 0.5) is 5.69 Å². The Kier molecular flexibility index (Phi) is 4.94. The molecule has 8 heteroatoms. The molecular formula is C12H14NO6S-. The molecule has 2 unspecified atom stereocenters. The van der Waals surface area contributed by atoms with Crippen molar-refractivity contribution in [2.24, 2.45) is 0 Å². The van der Waals surface area contributed by atoms with Gasteiger partial charge in [-0.15, -0.1) is 0 Å². The number of hydrogen-bond acceptors (Lipinski definition) is 7. The van der Waals surface area contributed by atoms with E-state index in [2.05, 4.69) is 0 Å². The Morgan fingerprint density at radius 3 is 3.00 bits per heavy atom. The number of fused-ring (bicyclic) bond motifs is 1. The minimum atomic E-state index is -2.34. The average Bonchev–Trinajstić information content (AvgIpc) is 2.76. The Balaban J connectivity index is 2.18. The number of hydrogen-bond donors (Lipinski definition) is 1. The fraction of sp³-hybridized carbons (Fsp3) is 0.417. The predicted octanol–water partition coefficient (Wildman–Crippen LogP) is 0.00820. The third-order valence-corrected chi connectivity index (χ3v) is 3.22. The molecule has 0 spiro atoms. The second kappa shape index (κ2) is 6.69. The van der Waals surface area contributed by atoms with Gasteiger partial charge >= 0.3 is 0 Å². The smallest absolute Gasteiger partial charge is 0.229 e. The summed E-state index contributed by atoms with van der Waals surface area (Å²) >= 11 is -2.34. The van der Waals surface area contributed by atoms with Crippen molar-refractivity contribution in [2.45, 2.75) is 12.6 Å². The molecule has 7 nitrogen and oxygen atoms in total. The van der Waals surface area contributed by atoms with Crippen molar-refractivity contribution in [3.8, 4) is 11.5 Å². The van der Waals surface area contributed by atoms with Crippen LogP contribution in [0.25, 0.3) is 0 Å². The highest BCUT2D eigenvalue weighted by atomic mass is 32.2. The topological polar surface area (TPSA) is 99.1 Å². The SMILES string of the molecule is O=CC1Oc2ccc(OCCCO)cc2N1CS(=O)[O-]. The maximum Gasteiger partial charge on any atom is 0.229 e. The van der Waals surface area contributed by atoms with Crippen LogP contribution in [0.15, 0.2) is 18.2 Å². The first kappa shape index (κ1) is 14.8. The third-order valence-electron chi connectivity index (χ3n) is 2.73. The molecule has 0 bridgehead atoms. The highest BCUT2D eigenvalue weighted by Gasteiger charge is 2.30. The number of benzene rings is 1. The molecule has 0 aromatic heterocycles. The molecule has 2 rings (SSSR count). The second-order valence-electron chi connectivity index (χ2n) is 4.10. The number of aldehydes is 1. The van der Waals surface area contributed by atoms with Crippen LogP contribution >= 0.6 is 0 Å². The fourth-order valence-electron chi connectivity index (χ4n) is 1.85. The molecule has 1 aromatic carbocycles. The second-order valence-corrected chi connectivity index (χ2v) is 4.97. The Morgan fingerprint density at radius 1 is 1.55 bits per heavy atom. The fourth-order valence-corrected chi connectivity index (χ4v) is 2.37. The van der Waals surface area contributed by atoms with E-state index in [1.807, 2.05) is 0 Å². The zero-order valence-electron chi connectivity index (χ0n) is 10.6. The van der Waals surface area contributed by atoms with Crippen molar-refractivity contribution in [1.29, 1.82) is 0 Å². The van der Waals surface area contributed by atoms with Crippen molar-refractivity contribution in [1.82, 2.24) is 0 Å². The van der Waals surface area contributed by atoms with Gasteiger partial charge in [-0.1, -0.05) is 0 Å². The van der Waals surface area contributed by atoms with Crippen LogP contribution in [0.3, 0.4) is 0 Å². The molecule has 0 fully saturated rings. The first-order chi connectivity index (χ1) is 9.65. The lowest BCUT2D eigenvalue weighted by Gasteiger charge is -2.22. The number of rotatable bonds is 7. The molecule has 0 saturated carbocycles. The van der Waals surface area contributed by atoms with Gasteiger partial charge in [-0.05, 0) is 23.2 Å². The average molecular weight is 300 g/mol. The third kappa shape index (κ3) is 3.27. The van der Waals surface area contributed by atoms with Crippen molar-refractivity contribution in [3.05, 3.63) is 18.2 Å². The summed E-state index contributed by atoms with van der Waals surface area (Å²) in [6.45, 7) is 0.378. The van der Waals surface area contributed by atoms with Crippen molar-refractivity contribution in [3.63, 3.8) is 0 Å². The van der Waals surface area contributed by atoms with Gasteiger partial charge in [-0.25, -0.2) is 0 Å². The van der Waals surface area contributed by atoms with E-state index in [-0.39, 0.29) is 12.5 Å². The largest absolute Gasteiger partial charge is 0.771 e. The van der Waals surface area contributed by atoms with Gasteiger partial charge in [0.2, 0.25) is 6.23 Å². The molecule has 1 aromatic rings. The van der Waals surface area contributed by atoms with Crippen LogP contribution in [-0.4, -0.2) is 45.5 Å². The van der Waals surface area contributed by atoms with Crippen LogP contribution in [0.2, 0.25) is 0 Å². The van der Waals surface area contributed by atoms with E-state index in [1.165, 1.54) is 4.90 Å². The zero-order chi connectivity index (χ0) is 14.5. The summed E-state index contributed by atoms with van der Waals surface area (Å²) in [5.74, 6) is 0.618. The van der Waals surface area contributed by atoms with E-state index >= 15 is 0 Å². The van der Waals surface area contributed by atoms with Gasteiger partial charge in [0.1, 0.15) is 11.5 Å². The van der Waals surface area contributed by atoms with Gasteiger partial charge in [0.25, 0.3) is 0 Å². The van der Waals surface area contributed by atoms with Crippen LogP contribution < -0.4 is 14.4 Å². The summed E-state index contributed by atoms with van der Waals surface area (Å²) < 4.78 is 32.4. The Bertz CT molecular complexity index is 509. The van der Waals surface area contributed by atoms with Crippen LogP contribution in [0.1, 0.15) is 6.42 Å². The zero-order valence-corrected chi connectivity index (χ0v) is 11.4. The number of aliphatic hydroxyl groups is 1. The first-order valence-corrected chi connectivity index (χ1v) is 7.22. The van der Waals surface area contributed by atoms with E-state index in [9.17, 15) is 13.6 Å². The van der Waals surface area contributed by atoms with Gasteiger partial charge in [0.15, 0.2) is 6.29 Å². The van der Waals surface area contributed by atoms with Gasteiger partial charge in [-0.2, -0.15) is 0 Å². The molecule has 2 atom stereocenters. The lowest BCUT2D eigenvalue weighted by molar-refractivity contribution is -0.113. The molecule has 1 aliphatic heterocycles. The number of anilines is 1. The number of carbonyl (C=O) groups is 1. The van der Waals surface area contributed by atoms with Crippen LogP contribution in [-0.2, 0) is 15.9 Å². The quantitative estimate of drug-likeness (QED) is 0.430. The van der Waals surface area contributed by atoms with Crippen molar-refractivity contribution < 1.29 is 28.1 Å². The monoisotopic (exact) mass is 300 g/mol. The standard InChI is InChI=1S/C12H15NO6S/c14-4-1-5-18-9-2-3-11-10(6-9)13(8-20(16)17)12(7-15)19-11/h2-3,6-7,12,14H,1,4-5,8H2,(H,16,17)/p-1. The number of nitrogens with zero attached hydrogens (tertiary/aromatic N) is 1. The molecule has 110 valence electrons. The van der Waals surface area contributed by atoms with Crippen LogP contribution in [0.5, 0.6) is 11.5 Å². The van der Waals surface area contributed by atoms with Crippen molar-refractivity contribution in [2.75, 3.05) is 24.0 Å². The number of aliphatic hydroxyl groups excluding tert-OH is 1. The lowest BCUT2D eigenvalue weighted by Crippen LogP contribution is -2.38. The van der Waals surface area contributed by atoms with Gasteiger partial charge in [0, 0.05) is 19.1 Å². The molecule has 1 aliphatic rings. The van der Waals surface area contributed by atoms with E-state index < -0.39 is 17.3 Å². The molecular weight excluding hydrogens is 286 g/mol. The maximum atomic E-state index is 10.9. The van der Waals surface area contributed by atoms with Gasteiger partial charge in [-0.3, -0.25) is 9.00 Å². The summed E-state index contributed by atoms with van der Waals surface area (Å²) in [7, 11) is 0. The Labute approximate surface area is 118 Å². The van der Waals surface area contributed by atoms with E-state index in [1.54, 1.807) is 18.2 Å². The highest BCUT2D eigenvalue weighted by Crippen LogP contribution is 2.39. The first-order valence-electron chi connectivity index (χ1n) is 5.98. The van der Waals surface area contributed by atoms with E-state index in [0.717, 1.165) is 0 Å². The molecule has 0 amide bonds. The molecule has 0 aliphatic carbocycles. The van der Waals surface area contributed by atoms with Gasteiger partial charge < -0.3 is 24.0 Å². The van der Waals surface area contributed by atoms with E-state index in [0.29, 0.717) is 36.5 Å². The molecule has 1 heterocycles. The molecule has 0 radical (unpaired) electrons. The Morgan fingerprint density at radius 2 is 2.35 bits per heavy atom. The normalized spacial score (nSPS) is 18.3. The number of carbonyl (C=O) groups excluding carboxylic acids is 1. The summed E-state index contributed by atoms with van der Waals surface area (Å²) in [4.78, 5) is 12.3. The van der Waals surface area contributed by atoms with Gasteiger partial charge in [0.05, 0.1) is 18.2 Å². The molecule has 20 heavy (non-hydrogen) atoms.